The first-order chi connectivity index (χ1) is 9.88. The molecule has 1 aromatic heterocycles. The molecule has 0 atom stereocenters. The standard InChI is InChI=1S/C16H18N4/c1-2-4-13-11-20(10-8-12(13)3-1)15-7-9-17-16(19-15)18-14-5-6-14/h1-4,7,9,14H,5-6,8,10-11H2,(H,17,18,19). The van der Waals surface area contributed by atoms with E-state index in [1.807, 2.05) is 12.3 Å². The van der Waals surface area contributed by atoms with Gasteiger partial charge in [0.05, 0.1) is 0 Å². The maximum Gasteiger partial charge on any atom is 0.224 e. The van der Waals surface area contributed by atoms with Crippen LogP contribution < -0.4 is 10.2 Å². The van der Waals surface area contributed by atoms with E-state index in [1.165, 1.54) is 24.0 Å². The van der Waals surface area contributed by atoms with Gasteiger partial charge in [0.25, 0.3) is 0 Å². The number of hydrogen-bond acceptors (Lipinski definition) is 4. The van der Waals surface area contributed by atoms with E-state index in [1.54, 1.807) is 0 Å². The van der Waals surface area contributed by atoms with E-state index in [0.717, 1.165) is 31.3 Å². The van der Waals surface area contributed by atoms with Gasteiger partial charge in [-0.3, -0.25) is 0 Å². The Balaban J connectivity index is 1.56. The zero-order valence-corrected chi connectivity index (χ0v) is 11.4. The van der Waals surface area contributed by atoms with Gasteiger partial charge in [0.15, 0.2) is 0 Å². The van der Waals surface area contributed by atoms with Gasteiger partial charge in [-0.05, 0) is 36.5 Å². The summed E-state index contributed by atoms with van der Waals surface area (Å²) < 4.78 is 0. The summed E-state index contributed by atoms with van der Waals surface area (Å²) in [5.74, 6) is 1.79. The molecule has 2 aromatic rings. The second kappa shape index (κ2) is 4.78. The molecule has 0 bridgehead atoms. The summed E-state index contributed by atoms with van der Waals surface area (Å²) in [6.07, 6.45) is 5.43. The Morgan fingerprint density at radius 2 is 1.95 bits per heavy atom. The first-order valence-corrected chi connectivity index (χ1v) is 7.30. The Hall–Kier alpha value is -2.10. The molecular formula is C16H18N4. The highest BCUT2D eigenvalue weighted by Crippen LogP contribution is 2.25. The third-order valence-corrected chi connectivity index (χ3v) is 4.01. The van der Waals surface area contributed by atoms with Crippen LogP contribution in [0.1, 0.15) is 24.0 Å². The van der Waals surface area contributed by atoms with Gasteiger partial charge in [-0.2, -0.15) is 4.98 Å². The van der Waals surface area contributed by atoms with E-state index in [-0.39, 0.29) is 0 Å². The highest BCUT2D eigenvalue weighted by molar-refractivity contribution is 5.46. The average molecular weight is 266 g/mol. The summed E-state index contributed by atoms with van der Waals surface area (Å²) in [6.45, 7) is 1.97. The Labute approximate surface area is 118 Å². The normalized spacial score (nSPS) is 17.7. The largest absolute Gasteiger partial charge is 0.352 e. The molecule has 1 aliphatic carbocycles. The molecule has 1 N–H and O–H groups in total. The molecular weight excluding hydrogens is 248 g/mol. The minimum atomic E-state index is 0.590. The first-order valence-electron chi connectivity index (χ1n) is 7.30. The number of aromatic nitrogens is 2. The quantitative estimate of drug-likeness (QED) is 0.927. The Kier molecular flexibility index (Phi) is 2.80. The van der Waals surface area contributed by atoms with Crippen molar-refractivity contribution in [2.45, 2.75) is 31.8 Å². The second-order valence-electron chi connectivity index (χ2n) is 5.60. The first kappa shape index (κ1) is 11.7. The van der Waals surface area contributed by atoms with Crippen LogP contribution in [0.3, 0.4) is 0 Å². The van der Waals surface area contributed by atoms with Crippen LogP contribution in [0.4, 0.5) is 11.8 Å². The lowest BCUT2D eigenvalue weighted by atomic mass is 10.00. The molecule has 2 heterocycles. The minimum Gasteiger partial charge on any atom is -0.352 e. The van der Waals surface area contributed by atoms with Crippen LogP contribution in [-0.4, -0.2) is 22.6 Å². The van der Waals surface area contributed by atoms with Crippen molar-refractivity contribution in [1.29, 1.82) is 0 Å². The van der Waals surface area contributed by atoms with Crippen molar-refractivity contribution >= 4 is 11.8 Å². The van der Waals surface area contributed by atoms with E-state index in [2.05, 4.69) is 44.5 Å². The lowest BCUT2D eigenvalue weighted by Gasteiger charge is -2.29. The molecule has 20 heavy (non-hydrogen) atoms. The van der Waals surface area contributed by atoms with Gasteiger partial charge in [-0.25, -0.2) is 4.98 Å². The molecule has 0 radical (unpaired) electrons. The molecule has 1 aliphatic heterocycles. The number of hydrogen-bond donors (Lipinski definition) is 1. The summed E-state index contributed by atoms with van der Waals surface area (Å²) >= 11 is 0. The molecule has 0 unspecified atom stereocenters. The van der Waals surface area contributed by atoms with Crippen LogP contribution >= 0.6 is 0 Å². The molecule has 4 rings (SSSR count). The number of nitrogens with one attached hydrogen (secondary N) is 1. The molecule has 2 aliphatic rings. The van der Waals surface area contributed by atoms with Gasteiger partial charge in [-0.1, -0.05) is 24.3 Å². The fourth-order valence-corrected chi connectivity index (χ4v) is 2.70. The lowest BCUT2D eigenvalue weighted by Crippen LogP contribution is -2.31. The predicted octanol–water partition coefficient (Wildman–Crippen LogP) is 2.61. The molecule has 0 amide bonds. The van der Waals surface area contributed by atoms with Crippen molar-refractivity contribution in [3.63, 3.8) is 0 Å². The van der Waals surface area contributed by atoms with Gasteiger partial charge in [-0.15, -0.1) is 0 Å². The van der Waals surface area contributed by atoms with Crippen LogP contribution in [0.2, 0.25) is 0 Å². The maximum absolute atomic E-state index is 4.65. The van der Waals surface area contributed by atoms with Gasteiger partial charge >= 0.3 is 0 Å². The van der Waals surface area contributed by atoms with Crippen LogP contribution in [-0.2, 0) is 13.0 Å². The van der Waals surface area contributed by atoms with Crippen molar-refractivity contribution in [2.75, 3.05) is 16.8 Å². The van der Waals surface area contributed by atoms with Gasteiger partial charge in [0.2, 0.25) is 5.95 Å². The minimum absolute atomic E-state index is 0.590. The summed E-state index contributed by atoms with van der Waals surface area (Å²) in [5, 5.41) is 3.37. The van der Waals surface area contributed by atoms with Crippen LogP contribution in [0.5, 0.6) is 0 Å². The fraction of sp³-hybridized carbons (Fsp3) is 0.375. The monoisotopic (exact) mass is 266 g/mol. The van der Waals surface area contributed by atoms with Gasteiger partial charge in [0.1, 0.15) is 5.82 Å². The smallest absolute Gasteiger partial charge is 0.224 e. The zero-order chi connectivity index (χ0) is 13.4. The molecule has 1 saturated carbocycles. The van der Waals surface area contributed by atoms with E-state index < -0.39 is 0 Å². The molecule has 4 nitrogen and oxygen atoms in total. The Bertz CT molecular complexity index is 621. The number of nitrogens with zero attached hydrogens (tertiary/aromatic N) is 3. The third kappa shape index (κ3) is 2.33. The fourth-order valence-electron chi connectivity index (χ4n) is 2.70. The Morgan fingerprint density at radius 3 is 2.80 bits per heavy atom. The average Bonchev–Trinajstić information content (AvgIpc) is 3.31. The van der Waals surface area contributed by atoms with E-state index in [0.29, 0.717) is 6.04 Å². The summed E-state index contributed by atoms with van der Waals surface area (Å²) in [6, 6.07) is 11.3. The van der Waals surface area contributed by atoms with Crippen molar-refractivity contribution in [3.8, 4) is 0 Å². The van der Waals surface area contributed by atoms with E-state index in [9.17, 15) is 0 Å². The summed E-state index contributed by atoms with van der Waals surface area (Å²) in [7, 11) is 0. The second-order valence-corrected chi connectivity index (χ2v) is 5.60. The van der Waals surface area contributed by atoms with Crippen LogP contribution in [0.15, 0.2) is 36.5 Å². The predicted molar refractivity (Wildman–Crippen MR) is 79.9 cm³/mol. The molecule has 0 saturated heterocycles. The molecule has 0 spiro atoms. The van der Waals surface area contributed by atoms with Crippen molar-refractivity contribution in [3.05, 3.63) is 47.7 Å². The zero-order valence-electron chi connectivity index (χ0n) is 11.4. The summed E-state index contributed by atoms with van der Waals surface area (Å²) in [4.78, 5) is 11.3. The van der Waals surface area contributed by atoms with Crippen molar-refractivity contribution < 1.29 is 0 Å². The maximum atomic E-state index is 4.65. The van der Waals surface area contributed by atoms with Crippen LogP contribution in [0, 0.1) is 0 Å². The van der Waals surface area contributed by atoms with Crippen molar-refractivity contribution in [1.82, 2.24) is 9.97 Å². The Morgan fingerprint density at radius 1 is 1.10 bits per heavy atom. The SMILES string of the molecule is c1ccc2c(c1)CCN(c1ccnc(NC3CC3)n1)C2. The highest BCUT2D eigenvalue weighted by Gasteiger charge is 2.22. The molecule has 4 heteroatoms. The van der Waals surface area contributed by atoms with E-state index >= 15 is 0 Å². The topological polar surface area (TPSA) is 41.1 Å². The lowest BCUT2D eigenvalue weighted by molar-refractivity contribution is 0.719. The van der Waals surface area contributed by atoms with Gasteiger partial charge < -0.3 is 10.2 Å². The number of benzene rings is 1. The molecule has 102 valence electrons. The summed E-state index contributed by atoms with van der Waals surface area (Å²) in [5.41, 5.74) is 2.88. The number of anilines is 2. The number of rotatable bonds is 3. The van der Waals surface area contributed by atoms with Gasteiger partial charge in [0, 0.05) is 25.3 Å². The van der Waals surface area contributed by atoms with E-state index in [4.69, 9.17) is 0 Å². The molecule has 1 aromatic carbocycles. The number of fused-ring (bicyclic) bond motifs is 1. The van der Waals surface area contributed by atoms with Crippen LogP contribution in [0.25, 0.3) is 0 Å². The van der Waals surface area contributed by atoms with Crippen molar-refractivity contribution in [2.24, 2.45) is 0 Å². The highest BCUT2D eigenvalue weighted by atomic mass is 15.2. The third-order valence-electron chi connectivity index (χ3n) is 4.01. The molecule has 1 fully saturated rings.